The Kier molecular flexibility index (Phi) is 7.19. The number of hydrogen-bond acceptors (Lipinski definition) is 5. The van der Waals surface area contributed by atoms with Crippen LogP contribution in [0.3, 0.4) is 0 Å². The zero-order chi connectivity index (χ0) is 30.3. The quantitative estimate of drug-likeness (QED) is 0.243. The number of aliphatic hydroxyl groups is 2. The lowest BCUT2D eigenvalue weighted by molar-refractivity contribution is -0.174. The molecule has 1 aromatic heterocycles. The number of rotatable bonds is 7. The normalized spacial score (nSPS) is 41.6. The Morgan fingerprint density at radius 2 is 1.76 bits per heavy atom. The molecule has 0 radical (unpaired) electrons. The van der Waals surface area contributed by atoms with Crippen LogP contribution < -0.4 is 5.32 Å². The summed E-state index contributed by atoms with van der Waals surface area (Å²) in [5.74, 6) is 0.469. The molecule has 6 aliphatic carbocycles. The van der Waals surface area contributed by atoms with E-state index in [0.717, 1.165) is 53.9 Å². The van der Waals surface area contributed by atoms with E-state index in [-0.39, 0.29) is 46.6 Å². The van der Waals surface area contributed by atoms with Crippen LogP contribution in [0.15, 0.2) is 35.9 Å². The Morgan fingerprint density at radius 3 is 2.43 bits per heavy atom. The lowest BCUT2D eigenvalue weighted by Gasteiger charge is -2.71. The highest BCUT2D eigenvalue weighted by Crippen LogP contribution is 2.78. The number of amides is 2. The fraction of sp³-hybridized carbons (Fsp3) is 0.714. The van der Waals surface area contributed by atoms with E-state index in [1.807, 2.05) is 37.8 Å². The van der Waals surface area contributed by atoms with E-state index in [9.17, 15) is 19.8 Å². The number of allylic oxidation sites excluding steroid dienone is 4. The van der Waals surface area contributed by atoms with Gasteiger partial charge in [0.1, 0.15) is 0 Å². The maximum absolute atomic E-state index is 14.5. The molecule has 1 heterocycles. The van der Waals surface area contributed by atoms with E-state index in [1.54, 1.807) is 11.3 Å². The van der Waals surface area contributed by atoms with Crippen molar-refractivity contribution in [2.75, 3.05) is 13.1 Å². The van der Waals surface area contributed by atoms with Crippen LogP contribution in [-0.2, 0) is 0 Å². The topological polar surface area (TPSA) is 89.9 Å². The molecule has 3 saturated carbocycles. The van der Waals surface area contributed by atoms with Crippen molar-refractivity contribution in [2.45, 2.75) is 111 Å². The minimum Gasteiger partial charge on any atom is -0.393 e. The number of carbonyl (C=O) groups is 2. The largest absolute Gasteiger partial charge is 0.393 e. The number of aryl methyl sites for hydroxylation is 1. The van der Waals surface area contributed by atoms with Crippen molar-refractivity contribution in [3.05, 3.63) is 45.7 Å². The number of urea groups is 1. The van der Waals surface area contributed by atoms with Gasteiger partial charge in [0.2, 0.25) is 0 Å². The minimum atomic E-state index is -1.04. The summed E-state index contributed by atoms with van der Waals surface area (Å²) in [6.45, 7) is 13.6. The number of ketones is 1. The second kappa shape index (κ2) is 10.0. The van der Waals surface area contributed by atoms with Gasteiger partial charge in [0, 0.05) is 39.3 Å². The summed E-state index contributed by atoms with van der Waals surface area (Å²) in [7, 11) is 0. The number of fused-ring (bicyclic) bond motifs is 1. The summed E-state index contributed by atoms with van der Waals surface area (Å²) in [4.78, 5) is 31.5. The van der Waals surface area contributed by atoms with Gasteiger partial charge in [-0.2, -0.15) is 0 Å². The molecule has 230 valence electrons. The van der Waals surface area contributed by atoms with E-state index in [4.69, 9.17) is 0 Å². The number of aliphatic hydroxyl groups excluding tert-OH is 1. The molecule has 2 spiro atoms. The third-order valence-electron chi connectivity index (χ3n) is 12.6. The lowest BCUT2D eigenvalue weighted by Crippen LogP contribution is -2.67. The zero-order valence-corrected chi connectivity index (χ0v) is 27.2. The first-order valence-corrected chi connectivity index (χ1v) is 17.1. The van der Waals surface area contributed by atoms with Gasteiger partial charge < -0.3 is 20.4 Å². The lowest BCUT2D eigenvalue weighted by atomic mass is 9.32. The maximum Gasteiger partial charge on any atom is 0.317 e. The van der Waals surface area contributed by atoms with Gasteiger partial charge in [-0.15, -0.1) is 11.3 Å². The SMILES string of the molecule is CCCN(C[C@]1(O)CC[C@H]2[C@]34C=C[C@@]5(C=C3C(=O)c3ccc(C)s3)CC(O)CC[C@]5(C)[C@H]4CC[C@@]21C)C(=O)NC(C)C. The van der Waals surface area contributed by atoms with Crippen LogP contribution >= 0.6 is 11.3 Å². The third kappa shape index (κ3) is 4.01. The van der Waals surface area contributed by atoms with Crippen LogP contribution in [0.1, 0.15) is 101 Å². The summed E-state index contributed by atoms with van der Waals surface area (Å²) in [5, 5.41) is 26.6. The average molecular weight is 595 g/mol. The molecule has 3 N–H and O–H groups in total. The number of nitrogens with one attached hydrogen (secondary N) is 1. The van der Waals surface area contributed by atoms with E-state index >= 15 is 0 Å². The molecule has 1 unspecified atom stereocenters. The van der Waals surface area contributed by atoms with Gasteiger partial charge in [-0.3, -0.25) is 4.79 Å². The van der Waals surface area contributed by atoms with Gasteiger partial charge >= 0.3 is 6.03 Å². The number of hydrogen-bond donors (Lipinski definition) is 3. The van der Waals surface area contributed by atoms with Crippen molar-refractivity contribution in [2.24, 2.45) is 33.5 Å². The predicted octanol–water partition coefficient (Wildman–Crippen LogP) is 6.66. The number of Topliss-reactive ketones (excluding diaryl/α,β-unsaturated/α-hetero) is 1. The van der Waals surface area contributed by atoms with Crippen molar-refractivity contribution in [3.63, 3.8) is 0 Å². The molecule has 2 bridgehead atoms. The Bertz CT molecular complexity index is 1330. The van der Waals surface area contributed by atoms with Crippen molar-refractivity contribution in [1.29, 1.82) is 0 Å². The molecular weight excluding hydrogens is 544 g/mol. The molecule has 0 aliphatic heterocycles. The first-order chi connectivity index (χ1) is 19.8. The predicted molar refractivity (Wildman–Crippen MR) is 167 cm³/mol. The molecule has 6 nitrogen and oxygen atoms in total. The van der Waals surface area contributed by atoms with Gasteiger partial charge in [-0.1, -0.05) is 39.0 Å². The van der Waals surface area contributed by atoms with Crippen LogP contribution in [0.4, 0.5) is 4.79 Å². The van der Waals surface area contributed by atoms with Gasteiger partial charge in [0.15, 0.2) is 5.78 Å². The van der Waals surface area contributed by atoms with E-state index < -0.39 is 16.4 Å². The molecule has 0 saturated heterocycles. The highest BCUT2D eigenvalue weighted by molar-refractivity contribution is 7.14. The molecule has 7 heteroatoms. The average Bonchev–Trinajstić information content (AvgIpc) is 3.48. The summed E-state index contributed by atoms with van der Waals surface area (Å²) in [5.41, 5.74) is -1.46. The van der Waals surface area contributed by atoms with Gasteiger partial charge in [-0.25, -0.2) is 4.79 Å². The van der Waals surface area contributed by atoms with Crippen LogP contribution in [0.5, 0.6) is 0 Å². The second-order valence-corrected chi connectivity index (χ2v) is 16.4. The summed E-state index contributed by atoms with van der Waals surface area (Å²) in [6.07, 6.45) is 13.1. The van der Waals surface area contributed by atoms with Crippen molar-refractivity contribution < 1.29 is 19.8 Å². The van der Waals surface area contributed by atoms with Gasteiger partial charge in [0.05, 0.1) is 23.1 Å². The summed E-state index contributed by atoms with van der Waals surface area (Å²) < 4.78 is 0. The van der Waals surface area contributed by atoms with Gasteiger partial charge in [0.25, 0.3) is 0 Å². The molecule has 42 heavy (non-hydrogen) atoms. The highest BCUT2D eigenvalue weighted by Gasteiger charge is 2.74. The van der Waals surface area contributed by atoms with Gasteiger partial charge in [-0.05, 0) is 102 Å². The van der Waals surface area contributed by atoms with Crippen molar-refractivity contribution in [3.8, 4) is 0 Å². The van der Waals surface area contributed by atoms with E-state index in [2.05, 4.69) is 44.3 Å². The molecule has 0 aromatic carbocycles. The molecule has 6 aliphatic rings. The standard InChI is InChI=1S/C35H50N2O4S/c1-7-18-37(30(40)36-22(2)3)21-34(41)15-12-28-32(34,6)14-11-27-31(5)13-10-24(38)19-33(31)16-17-35(27,28)25(20-33)29(39)26-9-8-23(4)42-26/h8-9,16-17,20,22,24,27-28,38,41H,7,10-15,18-19,21H2,1-6H3,(H,36,40)/t24?,27-,28-,31-,32+,33+,34-,35-/m1/s1. The first kappa shape index (κ1) is 30.1. The molecular formula is C35H50N2O4S. The Balaban J connectivity index is 1.45. The van der Waals surface area contributed by atoms with Crippen molar-refractivity contribution in [1.82, 2.24) is 10.2 Å². The first-order valence-electron chi connectivity index (χ1n) is 16.3. The van der Waals surface area contributed by atoms with Crippen LogP contribution in [0, 0.1) is 40.4 Å². The number of nitrogens with zero attached hydrogens (tertiary/aromatic N) is 1. The minimum absolute atomic E-state index is 0.0250. The highest BCUT2D eigenvalue weighted by atomic mass is 32.1. The Hall–Kier alpha value is -1.96. The Morgan fingerprint density at radius 1 is 1.07 bits per heavy atom. The van der Waals surface area contributed by atoms with Crippen LogP contribution in [0.2, 0.25) is 0 Å². The summed E-state index contributed by atoms with van der Waals surface area (Å²) in [6, 6.07) is 3.91. The maximum atomic E-state index is 14.5. The van der Waals surface area contributed by atoms with Crippen LogP contribution in [-0.4, -0.2) is 57.8 Å². The molecule has 1 aromatic rings. The molecule has 2 amide bonds. The third-order valence-corrected chi connectivity index (χ3v) is 13.6. The zero-order valence-electron chi connectivity index (χ0n) is 26.3. The smallest absolute Gasteiger partial charge is 0.317 e. The molecule has 8 atom stereocenters. The monoisotopic (exact) mass is 594 g/mol. The number of carbonyl (C=O) groups excluding carboxylic acids is 2. The fourth-order valence-electron chi connectivity index (χ4n) is 10.5. The Labute approximate surface area is 255 Å². The summed E-state index contributed by atoms with van der Waals surface area (Å²) >= 11 is 1.56. The number of thiophene rings is 1. The van der Waals surface area contributed by atoms with Crippen LogP contribution in [0.25, 0.3) is 0 Å². The fourth-order valence-corrected chi connectivity index (χ4v) is 11.3. The van der Waals surface area contributed by atoms with E-state index in [0.29, 0.717) is 25.9 Å². The molecule has 7 rings (SSSR count). The van der Waals surface area contributed by atoms with Crippen molar-refractivity contribution >= 4 is 23.2 Å². The second-order valence-electron chi connectivity index (χ2n) is 15.1. The van der Waals surface area contributed by atoms with E-state index in [1.165, 1.54) is 0 Å². The molecule has 3 fully saturated rings.